The van der Waals surface area contributed by atoms with E-state index in [0.29, 0.717) is 11.6 Å². The molecule has 1 atom stereocenters. The number of ether oxygens (including phenoxy) is 1. The molecule has 0 aliphatic heterocycles. The molecule has 136 valence electrons. The molecule has 0 unspecified atom stereocenters. The van der Waals surface area contributed by atoms with Crippen LogP contribution >= 0.6 is 0 Å². The molecule has 0 fully saturated rings. The minimum atomic E-state index is -0.137. The number of H-pyrrole nitrogens is 2. The number of hydrogen-bond donors (Lipinski definition) is 3. The van der Waals surface area contributed by atoms with Crippen molar-refractivity contribution >= 4 is 16.8 Å². The first-order chi connectivity index (χ1) is 12.6. The van der Waals surface area contributed by atoms with E-state index in [1.54, 1.807) is 7.11 Å². The Morgan fingerprint density at radius 1 is 1.35 bits per heavy atom. The second kappa shape index (κ2) is 6.52. The van der Waals surface area contributed by atoms with Gasteiger partial charge in [0.15, 0.2) is 0 Å². The van der Waals surface area contributed by atoms with Crippen molar-refractivity contribution in [1.29, 1.82) is 0 Å². The fraction of sp³-hybridized carbons (Fsp3) is 0.400. The van der Waals surface area contributed by atoms with Crippen LogP contribution in [0.4, 0.5) is 0 Å². The third-order valence-electron chi connectivity index (χ3n) is 5.17. The maximum absolute atomic E-state index is 12.6. The van der Waals surface area contributed by atoms with Crippen molar-refractivity contribution in [2.45, 2.75) is 45.1 Å². The molecule has 6 nitrogen and oxygen atoms in total. The number of fused-ring (bicyclic) bond motifs is 3. The summed E-state index contributed by atoms with van der Waals surface area (Å²) in [4.78, 5) is 16.1. The summed E-state index contributed by atoms with van der Waals surface area (Å²) in [6.45, 7) is 4.14. The molecule has 1 aliphatic rings. The van der Waals surface area contributed by atoms with Crippen molar-refractivity contribution in [2.75, 3.05) is 7.11 Å². The molecule has 3 aromatic rings. The second-order valence-corrected chi connectivity index (χ2v) is 7.21. The number of carbonyl (C=O) groups excluding carboxylic acids is 1. The van der Waals surface area contributed by atoms with Crippen LogP contribution in [0.1, 0.15) is 66.1 Å². The summed E-state index contributed by atoms with van der Waals surface area (Å²) in [7, 11) is 1.68. The number of benzene rings is 1. The normalized spacial score (nSPS) is 16.7. The molecular formula is C20H24N4O2. The molecule has 26 heavy (non-hydrogen) atoms. The van der Waals surface area contributed by atoms with E-state index in [-0.39, 0.29) is 11.9 Å². The monoisotopic (exact) mass is 352 g/mol. The Balaban J connectivity index is 1.62. The van der Waals surface area contributed by atoms with Gasteiger partial charge in [-0.1, -0.05) is 13.8 Å². The van der Waals surface area contributed by atoms with Crippen LogP contribution < -0.4 is 10.1 Å². The van der Waals surface area contributed by atoms with Gasteiger partial charge in [0, 0.05) is 22.3 Å². The van der Waals surface area contributed by atoms with Crippen LogP contribution in [-0.2, 0) is 6.42 Å². The highest BCUT2D eigenvalue weighted by molar-refractivity contribution is 5.93. The molecule has 0 bridgehead atoms. The van der Waals surface area contributed by atoms with Gasteiger partial charge in [-0.25, -0.2) is 0 Å². The van der Waals surface area contributed by atoms with Crippen molar-refractivity contribution in [1.82, 2.24) is 20.5 Å². The summed E-state index contributed by atoms with van der Waals surface area (Å²) in [5.41, 5.74) is 4.88. The number of nitrogens with one attached hydrogen (secondary N) is 3. The smallest absolute Gasteiger partial charge is 0.272 e. The van der Waals surface area contributed by atoms with Gasteiger partial charge >= 0.3 is 0 Å². The molecule has 3 N–H and O–H groups in total. The van der Waals surface area contributed by atoms with E-state index in [9.17, 15) is 4.79 Å². The molecular weight excluding hydrogens is 328 g/mol. The highest BCUT2D eigenvalue weighted by Gasteiger charge is 2.26. The van der Waals surface area contributed by atoms with Crippen molar-refractivity contribution in [3.05, 3.63) is 46.9 Å². The molecule has 2 heterocycles. The van der Waals surface area contributed by atoms with E-state index in [2.05, 4.69) is 40.4 Å². The predicted octanol–water partition coefficient (Wildman–Crippen LogP) is 3.83. The van der Waals surface area contributed by atoms with Gasteiger partial charge in [-0.05, 0) is 55.0 Å². The summed E-state index contributed by atoms with van der Waals surface area (Å²) in [6, 6.07) is 7.87. The Morgan fingerprint density at radius 3 is 2.92 bits per heavy atom. The summed E-state index contributed by atoms with van der Waals surface area (Å²) >= 11 is 0. The first kappa shape index (κ1) is 16.7. The Labute approximate surface area is 152 Å². The number of aromatic nitrogens is 3. The van der Waals surface area contributed by atoms with Crippen LogP contribution in [0.3, 0.4) is 0 Å². The Kier molecular flexibility index (Phi) is 4.18. The molecule has 2 aromatic heterocycles. The lowest BCUT2D eigenvalue weighted by atomic mass is 9.91. The minimum absolute atomic E-state index is 0.0242. The Bertz CT molecular complexity index is 954. The largest absolute Gasteiger partial charge is 0.497 e. The maximum atomic E-state index is 12.6. The first-order valence-electron chi connectivity index (χ1n) is 9.11. The molecule has 1 amide bonds. The van der Waals surface area contributed by atoms with E-state index in [0.717, 1.165) is 41.9 Å². The third-order valence-corrected chi connectivity index (χ3v) is 5.17. The fourth-order valence-electron chi connectivity index (χ4n) is 3.69. The van der Waals surface area contributed by atoms with Crippen LogP contribution in [0.15, 0.2) is 24.3 Å². The van der Waals surface area contributed by atoms with Crippen LogP contribution in [-0.4, -0.2) is 28.2 Å². The molecule has 1 aromatic carbocycles. The average Bonchev–Trinajstić information content (AvgIpc) is 3.27. The number of hydrogen-bond acceptors (Lipinski definition) is 3. The number of carbonyl (C=O) groups is 1. The summed E-state index contributed by atoms with van der Waals surface area (Å²) in [6.07, 6.45) is 2.97. The lowest BCUT2D eigenvalue weighted by Gasteiger charge is -2.23. The van der Waals surface area contributed by atoms with Gasteiger partial charge in [0.2, 0.25) is 0 Å². The van der Waals surface area contributed by atoms with E-state index >= 15 is 0 Å². The van der Waals surface area contributed by atoms with Crippen LogP contribution in [0, 0.1) is 0 Å². The maximum Gasteiger partial charge on any atom is 0.272 e. The zero-order valence-electron chi connectivity index (χ0n) is 15.3. The summed E-state index contributed by atoms with van der Waals surface area (Å²) in [5, 5.41) is 11.4. The van der Waals surface area contributed by atoms with Crippen molar-refractivity contribution < 1.29 is 9.53 Å². The van der Waals surface area contributed by atoms with Crippen LogP contribution in [0.25, 0.3) is 10.9 Å². The zero-order valence-corrected chi connectivity index (χ0v) is 15.3. The predicted molar refractivity (Wildman–Crippen MR) is 101 cm³/mol. The van der Waals surface area contributed by atoms with E-state index in [1.165, 1.54) is 10.9 Å². The van der Waals surface area contributed by atoms with Gasteiger partial charge in [-0.15, -0.1) is 0 Å². The van der Waals surface area contributed by atoms with Gasteiger partial charge in [0.1, 0.15) is 11.4 Å². The van der Waals surface area contributed by atoms with E-state index in [1.807, 2.05) is 18.2 Å². The number of methoxy groups -OCH3 is 1. The van der Waals surface area contributed by atoms with E-state index < -0.39 is 0 Å². The molecule has 6 heteroatoms. The number of amides is 1. The topological polar surface area (TPSA) is 82.8 Å². The van der Waals surface area contributed by atoms with E-state index in [4.69, 9.17) is 4.74 Å². The second-order valence-electron chi connectivity index (χ2n) is 7.21. The lowest BCUT2D eigenvalue weighted by molar-refractivity contribution is 0.0927. The van der Waals surface area contributed by atoms with Gasteiger partial charge in [0.25, 0.3) is 5.91 Å². The fourth-order valence-corrected chi connectivity index (χ4v) is 3.69. The Morgan fingerprint density at radius 2 is 2.19 bits per heavy atom. The van der Waals surface area contributed by atoms with Crippen molar-refractivity contribution in [2.24, 2.45) is 0 Å². The Hall–Kier alpha value is -2.76. The number of aryl methyl sites for hydroxylation is 1. The van der Waals surface area contributed by atoms with Crippen LogP contribution in [0.5, 0.6) is 5.75 Å². The van der Waals surface area contributed by atoms with Crippen LogP contribution in [0.2, 0.25) is 0 Å². The number of nitrogens with zero attached hydrogens (tertiary/aromatic N) is 1. The van der Waals surface area contributed by atoms with Gasteiger partial charge in [-0.2, -0.15) is 5.10 Å². The number of rotatable bonds is 4. The molecule has 0 saturated heterocycles. The summed E-state index contributed by atoms with van der Waals surface area (Å²) in [5.74, 6) is 1.03. The minimum Gasteiger partial charge on any atom is -0.497 e. The highest BCUT2D eigenvalue weighted by Crippen LogP contribution is 2.36. The molecule has 4 rings (SSSR count). The SMILES string of the molecule is COc1ccc2[nH]c3c(c2c1)CCC[C@@H]3NC(=O)c1cc(C(C)C)[nH]n1. The molecule has 0 radical (unpaired) electrons. The average molecular weight is 352 g/mol. The standard InChI is InChI=1S/C20H24N4O2/c1-11(2)17-10-18(24-23-17)20(25)22-16-6-4-5-13-14-9-12(26-3)7-8-15(14)21-19(13)16/h7-11,16,21H,4-6H2,1-3H3,(H,22,25)(H,23,24)/t16-/m0/s1. The number of aromatic amines is 2. The first-order valence-corrected chi connectivity index (χ1v) is 9.11. The van der Waals surface area contributed by atoms with Crippen molar-refractivity contribution in [3.8, 4) is 5.75 Å². The van der Waals surface area contributed by atoms with Gasteiger partial charge in [-0.3, -0.25) is 9.89 Å². The quantitative estimate of drug-likeness (QED) is 0.667. The molecule has 1 aliphatic carbocycles. The zero-order chi connectivity index (χ0) is 18.3. The van der Waals surface area contributed by atoms with Gasteiger partial charge in [0.05, 0.1) is 13.2 Å². The molecule has 0 spiro atoms. The molecule has 0 saturated carbocycles. The highest BCUT2D eigenvalue weighted by atomic mass is 16.5. The van der Waals surface area contributed by atoms with Crippen molar-refractivity contribution in [3.63, 3.8) is 0 Å². The van der Waals surface area contributed by atoms with Gasteiger partial charge < -0.3 is 15.0 Å². The summed E-state index contributed by atoms with van der Waals surface area (Å²) < 4.78 is 5.36. The third kappa shape index (κ3) is 2.85. The lowest BCUT2D eigenvalue weighted by Crippen LogP contribution is -2.31.